The molecule has 0 unspecified atom stereocenters. The van der Waals surface area contributed by atoms with E-state index in [2.05, 4.69) is 17.2 Å². The number of hydrogen-bond donors (Lipinski definition) is 3. The first kappa shape index (κ1) is 17.0. The third-order valence-electron chi connectivity index (χ3n) is 2.25. The van der Waals surface area contributed by atoms with Crippen molar-refractivity contribution in [2.75, 3.05) is 12.3 Å². The highest BCUT2D eigenvalue weighted by atomic mass is 35.5. The van der Waals surface area contributed by atoms with Crippen LogP contribution in [-0.2, 0) is 4.74 Å². The first-order chi connectivity index (χ1) is 9.69. The van der Waals surface area contributed by atoms with E-state index >= 15 is 0 Å². The second-order valence-electron chi connectivity index (χ2n) is 5.37. The molecule has 114 valence electrons. The summed E-state index contributed by atoms with van der Waals surface area (Å²) in [7, 11) is 0. The highest BCUT2D eigenvalue weighted by Crippen LogP contribution is 2.28. The Kier molecular flexibility index (Phi) is 5.74. The standard InChI is InChI=1S/C15H19ClN2O3/c1-15(2,3)21-14(20)18-7-5-4-6-10-8-11(16)9-12(17)13(10)19/h8-9,19H,5,7,17H2,1-3H3,(H,18,20). The monoisotopic (exact) mass is 310 g/mol. The molecule has 0 aliphatic heterocycles. The molecule has 4 N–H and O–H groups in total. The van der Waals surface area contributed by atoms with Gasteiger partial charge in [-0.1, -0.05) is 23.4 Å². The van der Waals surface area contributed by atoms with E-state index in [1.807, 2.05) is 0 Å². The first-order valence-electron chi connectivity index (χ1n) is 6.43. The fourth-order valence-electron chi connectivity index (χ4n) is 1.41. The molecule has 0 aliphatic rings. The van der Waals surface area contributed by atoms with Crippen LogP contribution in [0.15, 0.2) is 12.1 Å². The number of nitrogens with two attached hydrogens (primary N) is 1. The molecule has 1 aromatic rings. The van der Waals surface area contributed by atoms with E-state index in [-0.39, 0.29) is 11.4 Å². The number of hydrogen-bond acceptors (Lipinski definition) is 4. The summed E-state index contributed by atoms with van der Waals surface area (Å²) in [6.07, 6.45) is -0.0791. The van der Waals surface area contributed by atoms with E-state index in [0.29, 0.717) is 23.6 Å². The van der Waals surface area contributed by atoms with E-state index in [1.54, 1.807) is 20.8 Å². The van der Waals surface area contributed by atoms with Crippen molar-refractivity contribution in [2.45, 2.75) is 32.8 Å². The van der Waals surface area contributed by atoms with E-state index < -0.39 is 11.7 Å². The topological polar surface area (TPSA) is 84.6 Å². The smallest absolute Gasteiger partial charge is 0.407 e. The minimum absolute atomic E-state index is 0.0907. The van der Waals surface area contributed by atoms with Crippen LogP contribution in [0, 0.1) is 11.8 Å². The Morgan fingerprint density at radius 2 is 2.14 bits per heavy atom. The SMILES string of the molecule is CC(C)(C)OC(=O)NCCC#Cc1cc(Cl)cc(N)c1O. The highest BCUT2D eigenvalue weighted by Gasteiger charge is 2.15. The molecule has 0 heterocycles. The summed E-state index contributed by atoms with van der Waals surface area (Å²) >= 11 is 5.83. The number of anilines is 1. The van der Waals surface area contributed by atoms with Gasteiger partial charge in [0.2, 0.25) is 0 Å². The van der Waals surface area contributed by atoms with Crippen LogP contribution in [0.2, 0.25) is 5.02 Å². The quantitative estimate of drug-likeness (QED) is 0.339. The van der Waals surface area contributed by atoms with Gasteiger partial charge in [0.25, 0.3) is 0 Å². The van der Waals surface area contributed by atoms with Gasteiger partial charge in [-0.05, 0) is 32.9 Å². The average Bonchev–Trinajstić information content (AvgIpc) is 2.32. The van der Waals surface area contributed by atoms with Gasteiger partial charge in [0.15, 0.2) is 5.75 Å². The van der Waals surface area contributed by atoms with Crippen LogP contribution in [0.25, 0.3) is 0 Å². The molecule has 0 atom stereocenters. The molecular formula is C15H19ClN2O3. The lowest BCUT2D eigenvalue weighted by Crippen LogP contribution is -2.32. The van der Waals surface area contributed by atoms with Crippen molar-refractivity contribution < 1.29 is 14.6 Å². The van der Waals surface area contributed by atoms with Gasteiger partial charge in [-0.25, -0.2) is 4.79 Å². The maximum absolute atomic E-state index is 11.4. The van der Waals surface area contributed by atoms with Gasteiger partial charge in [-0.2, -0.15) is 0 Å². The number of phenols is 1. The van der Waals surface area contributed by atoms with Crippen molar-refractivity contribution in [3.8, 4) is 17.6 Å². The van der Waals surface area contributed by atoms with Crippen molar-refractivity contribution in [3.05, 3.63) is 22.7 Å². The van der Waals surface area contributed by atoms with Crippen LogP contribution in [0.4, 0.5) is 10.5 Å². The maximum Gasteiger partial charge on any atom is 0.407 e. The molecule has 6 heteroatoms. The molecule has 1 aromatic carbocycles. The van der Waals surface area contributed by atoms with E-state index in [4.69, 9.17) is 22.1 Å². The molecule has 0 radical (unpaired) electrons. The summed E-state index contributed by atoms with van der Waals surface area (Å²) in [4.78, 5) is 11.4. The van der Waals surface area contributed by atoms with Gasteiger partial charge in [0.1, 0.15) is 5.60 Å². The lowest BCUT2D eigenvalue weighted by molar-refractivity contribution is 0.0529. The molecule has 21 heavy (non-hydrogen) atoms. The number of aromatic hydroxyl groups is 1. The van der Waals surface area contributed by atoms with Gasteiger partial charge < -0.3 is 20.9 Å². The zero-order valence-electron chi connectivity index (χ0n) is 12.3. The molecule has 5 nitrogen and oxygen atoms in total. The van der Waals surface area contributed by atoms with Gasteiger partial charge in [-0.15, -0.1) is 0 Å². The molecule has 1 amide bonds. The number of carbonyl (C=O) groups excluding carboxylic acids is 1. The lowest BCUT2D eigenvalue weighted by atomic mass is 10.1. The molecule has 0 aromatic heterocycles. The molecule has 0 saturated heterocycles. The number of alkyl carbamates (subject to hydrolysis) is 1. The van der Waals surface area contributed by atoms with Gasteiger partial charge in [0.05, 0.1) is 11.3 Å². The largest absolute Gasteiger partial charge is 0.505 e. The Hall–Kier alpha value is -2.06. The van der Waals surface area contributed by atoms with Crippen molar-refractivity contribution in [1.29, 1.82) is 0 Å². The van der Waals surface area contributed by atoms with Crippen LogP contribution >= 0.6 is 11.6 Å². The summed E-state index contributed by atoms with van der Waals surface area (Å²) in [5, 5.41) is 12.7. The van der Waals surface area contributed by atoms with Crippen LogP contribution < -0.4 is 11.1 Å². The van der Waals surface area contributed by atoms with Crippen LogP contribution in [0.5, 0.6) is 5.75 Å². The Morgan fingerprint density at radius 3 is 2.76 bits per heavy atom. The van der Waals surface area contributed by atoms with E-state index in [9.17, 15) is 9.90 Å². The molecule has 0 saturated carbocycles. The molecule has 0 spiro atoms. The van der Waals surface area contributed by atoms with Gasteiger partial charge in [0, 0.05) is 18.0 Å². The normalized spacial score (nSPS) is 10.5. The van der Waals surface area contributed by atoms with E-state index in [1.165, 1.54) is 12.1 Å². The second-order valence-corrected chi connectivity index (χ2v) is 5.81. The number of benzene rings is 1. The number of halogens is 1. The summed E-state index contributed by atoms with van der Waals surface area (Å²) in [5.74, 6) is 5.49. The minimum Gasteiger partial charge on any atom is -0.505 e. The average molecular weight is 311 g/mol. The predicted molar refractivity (Wildman–Crippen MR) is 83.3 cm³/mol. The molecular weight excluding hydrogens is 292 g/mol. The summed E-state index contributed by atoms with van der Waals surface area (Å²) < 4.78 is 5.08. The Labute approximate surface area is 129 Å². The zero-order chi connectivity index (χ0) is 16.0. The number of phenolic OH excluding ortho intramolecular Hbond substituents is 1. The molecule has 0 bridgehead atoms. The fourth-order valence-corrected chi connectivity index (χ4v) is 1.64. The van der Waals surface area contributed by atoms with E-state index in [0.717, 1.165) is 0 Å². The van der Waals surface area contributed by atoms with Crippen LogP contribution in [0.3, 0.4) is 0 Å². The zero-order valence-corrected chi connectivity index (χ0v) is 13.0. The summed E-state index contributed by atoms with van der Waals surface area (Å²) in [6, 6.07) is 2.98. The van der Waals surface area contributed by atoms with Crippen molar-refractivity contribution in [2.24, 2.45) is 0 Å². The number of nitrogen functional groups attached to an aromatic ring is 1. The maximum atomic E-state index is 11.4. The molecule has 0 fully saturated rings. The number of rotatable bonds is 2. The Balaban J connectivity index is 2.50. The van der Waals surface area contributed by atoms with Crippen LogP contribution in [0.1, 0.15) is 32.8 Å². The van der Waals surface area contributed by atoms with Crippen molar-refractivity contribution in [1.82, 2.24) is 5.32 Å². The highest BCUT2D eigenvalue weighted by molar-refractivity contribution is 6.31. The number of amides is 1. The number of ether oxygens (including phenoxy) is 1. The Morgan fingerprint density at radius 1 is 1.48 bits per heavy atom. The first-order valence-corrected chi connectivity index (χ1v) is 6.80. The summed E-state index contributed by atoms with van der Waals surface area (Å²) in [5.41, 5.74) is 5.58. The molecule has 1 rings (SSSR count). The molecule has 0 aliphatic carbocycles. The van der Waals surface area contributed by atoms with Crippen LogP contribution in [-0.4, -0.2) is 23.3 Å². The third-order valence-corrected chi connectivity index (χ3v) is 2.46. The number of nitrogens with one attached hydrogen (secondary N) is 1. The third kappa shape index (κ3) is 6.28. The summed E-state index contributed by atoms with van der Waals surface area (Å²) in [6.45, 7) is 5.72. The second kappa shape index (κ2) is 7.09. The van der Waals surface area contributed by atoms with Crippen molar-refractivity contribution in [3.63, 3.8) is 0 Å². The number of carbonyl (C=O) groups is 1. The minimum atomic E-state index is -0.528. The fraction of sp³-hybridized carbons (Fsp3) is 0.400. The van der Waals surface area contributed by atoms with Crippen molar-refractivity contribution >= 4 is 23.4 Å². The van der Waals surface area contributed by atoms with Gasteiger partial charge >= 0.3 is 6.09 Å². The Bertz CT molecular complexity index is 583. The lowest BCUT2D eigenvalue weighted by Gasteiger charge is -2.19. The predicted octanol–water partition coefficient (Wildman–Crippen LogP) is 2.89. The van der Waals surface area contributed by atoms with Gasteiger partial charge in [-0.3, -0.25) is 0 Å².